The van der Waals surface area contributed by atoms with Gasteiger partial charge in [-0.05, 0) is 18.1 Å². The van der Waals surface area contributed by atoms with Gasteiger partial charge in [-0.2, -0.15) is 0 Å². The molecular weight excluding hydrogens is 188 g/mol. The molecule has 0 fully saturated rings. The minimum atomic E-state index is 0.101. The van der Waals surface area contributed by atoms with Crippen LogP contribution in [0.1, 0.15) is 11.1 Å². The van der Waals surface area contributed by atoms with Gasteiger partial charge in [0.05, 0.1) is 6.54 Å². The van der Waals surface area contributed by atoms with E-state index in [9.17, 15) is 4.79 Å². The number of hydrogen-bond donors (Lipinski definition) is 1. The maximum atomic E-state index is 11.3. The molecule has 0 aliphatic carbocycles. The van der Waals surface area contributed by atoms with Gasteiger partial charge in [-0.15, -0.1) is 0 Å². The topological polar surface area (TPSA) is 32.3 Å². The molecule has 0 aliphatic heterocycles. The average molecular weight is 206 g/mol. The molecule has 3 nitrogen and oxygen atoms in total. The Hall–Kier alpha value is -1.35. The quantitative estimate of drug-likeness (QED) is 0.802. The van der Waals surface area contributed by atoms with Gasteiger partial charge >= 0.3 is 0 Å². The first-order chi connectivity index (χ1) is 7.11. The van der Waals surface area contributed by atoms with E-state index in [1.54, 1.807) is 19.0 Å². The minimum absolute atomic E-state index is 0.101. The molecule has 15 heavy (non-hydrogen) atoms. The molecule has 1 rings (SSSR count). The van der Waals surface area contributed by atoms with Crippen molar-refractivity contribution in [1.82, 2.24) is 10.2 Å². The van der Waals surface area contributed by atoms with Crippen LogP contribution >= 0.6 is 0 Å². The Kier molecular flexibility index (Phi) is 4.31. The van der Waals surface area contributed by atoms with Crippen molar-refractivity contribution in [2.45, 2.75) is 13.5 Å². The standard InChI is InChI=1S/C12H18N2O/c1-10-6-4-5-7-11(10)8-13-9-12(15)14(2)3/h4-7,13H,8-9H2,1-3H3. The van der Waals surface area contributed by atoms with Gasteiger partial charge < -0.3 is 10.2 Å². The van der Waals surface area contributed by atoms with Gasteiger partial charge in [0.25, 0.3) is 0 Å². The van der Waals surface area contributed by atoms with E-state index in [1.165, 1.54) is 11.1 Å². The van der Waals surface area contributed by atoms with E-state index in [2.05, 4.69) is 24.4 Å². The highest BCUT2D eigenvalue weighted by Gasteiger charge is 2.03. The summed E-state index contributed by atoms with van der Waals surface area (Å²) < 4.78 is 0. The lowest BCUT2D eigenvalue weighted by Gasteiger charge is -2.11. The molecule has 82 valence electrons. The fourth-order valence-electron chi connectivity index (χ4n) is 1.27. The van der Waals surface area contributed by atoms with Gasteiger partial charge in [-0.3, -0.25) is 4.79 Å². The molecule has 1 aromatic carbocycles. The van der Waals surface area contributed by atoms with Gasteiger partial charge in [0.1, 0.15) is 0 Å². The number of nitrogens with one attached hydrogen (secondary N) is 1. The SMILES string of the molecule is Cc1ccccc1CNCC(=O)N(C)C. The molecule has 0 atom stereocenters. The lowest BCUT2D eigenvalue weighted by molar-refractivity contribution is -0.127. The number of hydrogen-bond acceptors (Lipinski definition) is 2. The zero-order valence-corrected chi connectivity index (χ0v) is 9.58. The van der Waals surface area contributed by atoms with Crippen molar-refractivity contribution in [1.29, 1.82) is 0 Å². The Bertz CT molecular complexity index is 334. The van der Waals surface area contributed by atoms with Crippen LogP contribution in [0.25, 0.3) is 0 Å². The number of rotatable bonds is 4. The molecule has 1 aromatic rings. The van der Waals surface area contributed by atoms with Crippen molar-refractivity contribution in [2.24, 2.45) is 0 Å². The van der Waals surface area contributed by atoms with Crippen LogP contribution in [0.15, 0.2) is 24.3 Å². The van der Waals surface area contributed by atoms with E-state index in [0.29, 0.717) is 6.54 Å². The largest absolute Gasteiger partial charge is 0.348 e. The highest BCUT2D eigenvalue weighted by molar-refractivity contribution is 5.77. The van der Waals surface area contributed by atoms with E-state index in [-0.39, 0.29) is 5.91 Å². The molecule has 0 saturated carbocycles. The van der Waals surface area contributed by atoms with E-state index in [0.717, 1.165) is 6.54 Å². The van der Waals surface area contributed by atoms with Crippen molar-refractivity contribution in [3.63, 3.8) is 0 Å². The van der Waals surface area contributed by atoms with Crippen molar-refractivity contribution in [2.75, 3.05) is 20.6 Å². The second-order valence-corrected chi connectivity index (χ2v) is 3.82. The predicted molar refractivity (Wildman–Crippen MR) is 61.6 cm³/mol. The third-order valence-electron chi connectivity index (χ3n) is 2.35. The molecule has 0 unspecified atom stereocenters. The molecule has 0 spiro atoms. The predicted octanol–water partition coefficient (Wildman–Crippen LogP) is 1.17. The van der Waals surface area contributed by atoms with Gasteiger partial charge in [0, 0.05) is 20.6 Å². The summed E-state index contributed by atoms with van der Waals surface area (Å²) in [4.78, 5) is 12.9. The molecule has 0 heterocycles. The zero-order valence-electron chi connectivity index (χ0n) is 9.58. The first kappa shape index (κ1) is 11.7. The van der Waals surface area contributed by atoms with E-state index in [4.69, 9.17) is 0 Å². The highest BCUT2D eigenvalue weighted by Crippen LogP contribution is 2.05. The molecule has 0 aliphatic rings. The fraction of sp³-hybridized carbons (Fsp3) is 0.417. The van der Waals surface area contributed by atoms with E-state index < -0.39 is 0 Å². The maximum absolute atomic E-state index is 11.3. The summed E-state index contributed by atoms with van der Waals surface area (Å²) in [5.74, 6) is 0.101. The molecule has 1 amide bonds. The van der Waals surface area contributed by atoms with Crippen LogP contribution in [0.4, 0.5) is 0 Å². The molecule has 3 heteroatoms. The van der Waals surface area contributed by atoms with Crippen molar-refractivity contribution in [3.05, 3.63) is 35.4 Å². The molecule has 0 aromatic heterocycles. The third kappa shape index (κ3) is 3.72. The van der Waals surface area contributed by atoms with Gasteiger partial charge in [-0.1, -0.05) is 24.3 Å². The van der Waals surface area contributed by atoms with Crippen LogP contribution in [0, 0.1) is 6.92 Å². The first-order valence-corrected chi connectivity index (χ1v) is 5.06. The van der Waals surface area contributed by atoms with Gasteiger partial charge in [0.15, 0.2) is 0 Å². The van der Waals surface area contributed by atoms with Crippen LogP contribution in [0.3, 0.4) is 0 Å². The van der Waals surface area contributed by atoms with Crippen LogP contribution in [-0.4, -0.2) is 31.4 Å². The van der Waals surface area contributed by atoms with Crippen LogP contribution in [0.5, 0.6) is 0 Å². The lowest BCUT2D eigenvalue weighted by atomic mass is 10.1. The van der Waals surface area contributed by atoms with Gasteiger partial charge in [-0.25, -0.2) is 0 Å². The Balaban J connectivity index is 2.38. The Morgan fingerprint density at radius 3 is 2.60 bits per heavy atom. The first-order valence-electron chi connectivity index (χ1n) is 5.06. The normalized spacial score (nSPS) is 10.1. The lowest BCUT2D eigenvalue weighted by Crippen LogP contribution is -2.32. The number of likely N-dealkylation sites (N-methyl/N-ethyl adjacent to an activating group) is 1. The highest BCUT2D eigenvalue weighted by atomic mass is 16.2. The summed E-state index contributed by atoms with van der Waals surface area (Å²) >= 11 is 0. The fourth-order valence-corrected chi connectivity index (χ4v) is 1.27. The number of nitrogens with zero attached hydrogens (tertiary/aromatic N) is 1. The van der Waals surface area contributed by atoms with Crippen molar-refractivity contribution >= 4 is 5.91 Å². The van der Waals surface area contributed by atoms with Crippen molar-refractivity contribution in [3.8, 4) is 0 Å². The summed E-state index contributed by atoms with van der Waals surface area (Å²) in [6.45, 7) is 3.21. The van der Waals surface area contributed by atoms with Gasteiger partial charge in [0.2, 0.25) is 5.91 Å². The number of amides is 1. The summed E-state index contributed by atoms with van der Waals surface area (Å²) in [5, 5.41) is 3.13. The molecular formula is C12H18N2O. The molecule has 0 bridgehead atoms. The number of carbonyl (C=O) groups is 1. The van der Waals surface area contributed by atoms with Crippen LogP contribution < -0.4 is 5.32 Å². The minimum Gasteiger partial charge on any atom is -0.348 e. The Morgan fingerprint density at radius 2 is 2.00 bits per heavy atom. The Labute approximate surface area is 91.1 Å². The smallest absolute Gasteiger partial charge is 0.236 e. The second-order valence-electron chi connectivity index (χ2n) is 3.82. The summed E-state index contributed by atoms with van der Waals surface area (Å²) in [5.41, 5.74) is 2.49. The second kappa shape index (κ2) is 5.51. The van der Waals surface area contributed by atoms with E-state index >= 15 is 0 Å². The summed E-state index contributed by atoms with van der Waals surface area (Å²) in [6.07, 6.45) is 0. The average Bonchev–Trinajstić information content (AvgIpc) is 2.20. The molecule has 0 radical (unpaired) electrons. The third-order valence-corrected chi connectivity index (χ3v) is 2.35. The summed E-state index contributed by atoms with van der Waals surface area (Å²) in [7, 11) is 3.52. The van der Waals surface area contributed by atoms with Crippen LogP contribution in [0.2, 0.25) is 0 Å². The number of benzene rings is 1. The number of carbonyl (C=O) groups excluding carboxylic acids is 1. The number of aryl methyl sites for hydroxylation is 1. The van der Waals surface area contributed by atoms with Crippen molar-refractivity contribution < 1.29 is 4.79 Å². The maximum Gasteiger partial charge on any atom is 0.236 e. The summed E-state index contributed by atoms with van der Waals surface area (Å²) in [6, 6.07) is 8.18. The van der Waals surface area contributed by atoms with Crippen LogP contribution in [-0.2, 0) is 11.3 Å². The molecule has 0 saturated heterocycles. The Morgan fingerprint density at radius 1 is 1.33 bits per heavy atom. The van der Waals surface area contributed by atoms with E-state index in [1.807, 2.05) is 12.1 Å². The molecule has 1 N–H and O–H groups in total. The monoisotopic (exact) mass is 206 g/mol. The zero-order chi connectivity index (χ0) is 11.3.